The molecule has 1 heterocycles. The Labute approximate surface area is 247 Å². The zero-order valence-corrected chi connectivity index (χ0v) is 24.5. The van der Waals surface area contributed by atoms with Crippen LogP contribution in [0.1, 0.15) is 48.5 Å². The number of amides is 3. The summed E-state index contributed by atoms with van der Waals surface area (Å²) in [6.45, 7) is 1.94. The Kier molecular flexibility index (Phi) is 9.86. The van der Waals surface area contributed by atoms with Crippen molar-refractivity contribution in [1.82, 2.24) is 10.2 Å². The third kappa shape index (κ3) is 6.50. The molecule has 2 fully saturated rings. The number of benzene rings is 2. The van der Waals surface area contributed by atoms with Crippen LogP contribution in [0.3, 0.4) is 0 Å². The number of ether oxygens (including phenoxy) is 2. The van der Waals surface area contributed by atoms with Gasteiger partial charge in [-0.2, -0.15) is 0 Å². The predicted octanol–water partition coefficient (Wildman–Crippen LogP) is 5.29. The van der Waals surface area contributed by atoms with Crippen LogP contribution in [-0.2, 0) is 25.5 Å². The smallest absolute Gasteiger partial charge is 0.411 e. The molecule has 9 nitrogen and oxygen atoms in total. The van der Waals surface area contributed by atoms with Crippen molar-refractivity contribution in [3.8, 4) is 0 Å². The topological polar surface area (TPSA) is 114 Å². The zero-order valence-electron chi connectivity index (χ0n) is 22.2. The number of rotatable bonds is 8. The first-order chi connectivity index (χ1) is 19.2. The highest BCUT2D eigenvalue weighted by Crippen LogP contribution is 2.50. The van der Waals surface area contributed by atoms with Crippen molar-refractivity contribution in [2.24, 2.45) is 0 Å². The standard InChI is InChI=1S/C28H31Cl2N3O6S/c1-3-39-27(37)33-22(16-40-28(33)13-4-5-14-28)24(34)32-21(26(36)38-2)15-17-9-11-18(12-10-17)31-25(35)23-19(29)7-6-8-20(23)30/h6-12,21-22H,3-5,13-16H2,1-2H3,(H,31,35)(H,32,34)/t21-,22?/m0/s1. The highest BCUT2D eigenvalue weighted by atomic mass is 35.5. The van der Waals surface area contributed by atoms with Crippen LogP contribution in [0.4, 0.5) is 10.5 Å². The van der Waals surface area contributed by atoms with E-state index in [1.807, 2.05) is 0 Å². The highest BCUT2D eigenvalue weighted by molar-refractivity contribution is 8.01. The van der Waals surface area contributed by atoms with E-state index in [1.165, 1.54) is 7.11 Å². The van der Waals surface area contributed by atoms with E-state index in [4.69, 9.17) is 32.7 Å². The van der Waals surface area contributed by atoms with Crippen LogP contribution in [0.5, 0.6) is 0 Å². The van der Waals surface area contributed by atoms with Crippen LogP contribution >= 0.6 is 35.0 Å². The van der Waals surface area contributed by atoms with E-state index in [1.54, 1.807) is 66.1 Å². The van der Waals surface area contributed by atoms with Gasteiger partial charge in [-0.25, -0.2) is 9.59 Å². The lowest BCUT2D eigenvalue weighted by Crippen LogP contribution is -2.56. The van der Waals surface area contributed by atoms with Crippen molar-refractivity contribution in [3.63, 3.8) is 0 Å². The molecule has 0 aromatic heterocycles. The van der Waals surface area contributed by atoms with Gasteiger partial charge in [0.05, 0.1) is 34.2 Å². The van der Waals surface area contributed by atoms with Crippen LogP contribution in [-0.4, -0.2) is 65.2 Å². The Balaban J connectivity index is 1.45. The first-order valence-electron chi connectivity index (χ1n) is 13.0. The fourth-order valence-electron chi connectivity index (χ4n) is 5.13. The van der Waals surface area contributed by atoms with Crippen molar-refractivity contribution in [3.05, 3.63) is 63.6 Å². The van der Waals surface area contributed by atoms with Gasteiger partial charge < -0.3 is 20.1 Å². The number of anilines is 1. The molecule has 3 amide bonds. The van der Waals surface area contributed by atoms with Gasteiger partial charge in [0.2, 0.25) is 5.91 Å². The largest absolute Gasteiger partial charge is 0.467 e. The Hall–Kier alpha value is -2.95. The van der Waals surface area contributed by atoms with Crippen molar-refractivity contribution in [1.29, 1.82) is 0 Å². The number of nitrogens with zero attached hydrogens (tertiary/aromatic N) is 1. The van der Waals surface area contributed by atoms with Gasteiger partial charge >= 0.3 is 12.1 Å². The van der Waals surface area contributed by atoms with Crippen molar-refractivity contribution < 1.29 is 28.7 Å². The third-order valence-corrected chi connectivity index (χ3v) is 9.31. The van der Waals surface area contributed by atoms with Gasteiger partial charge in [-0.3, -0.25) is 14.5 Å². The molecule has 12 heteroatoms. The Morgan fingerprint density at radius 1 is 1.07 bits per heavy atom. The average Bonchev–Trinajstić information content (AvgIpc) is 3.56. The van der Waals surface area contributed by atoms with Crippen LogP contribution in [0, 0.1) is 0 Å². The molecule has 2 N–H and O–H groups in total. The molecule has 2 aromatic carbocycles. The van der Waals surface area contributed by atoms with Gasteiger partial charge in [0.25, 0.3) is 5.91 Å². The molecule has 1 aliphatic heterocycles. The number of esters is 1. The van der Waals surface area contributed by atoms with E-state index < -0.39 is 40.8 Å². The fourth-order valence-corrected chi connectivity index (χ4v) is 7.38. The number of halogens is 2. The summed E-state index contributed by atoms with van der Waals surface area (Å²) in [7, 11) is 1.25. The van der Waals surface area contributed by atoms with Gasteiger partial charge in [0, 0.05) is 17.9 Å². The molecule has 0 radical (unpaired) electrons. The zero-order chi connectivity index (χ0) is 28.9. The molecule has 2 atom stereocenters. The number of hydrogen-bond donors (Lipinski definition) is 2. The molecule has 1 unspecified atom stereocenters. The summed E-state index contributed by atoms with van der Waals surface area (Å²) in [6, 6.07) is 9.89. The van der Waals surface area contributed by atoms with Crippen LogP contribution < -0.4 is 10.6 Å². The van der Waals surface area contributed by atoms with Gasteiger partial charge in [-0.05, 0) is 49.6 Å². The highest BCUT2D eigenvalue weighted by Gasteiger charge is 2.54. The number of thioether (sulfide) groups is 1. The minimum atomic E-state index is -0.978. The molecule has 1 spiro atoms. The summed E-state index contributed by atoms with van der Waals surface area (Å²) in [6.07, 6.45) is 3.18. The van der Waals surface area contributed by atoms with Crippen molar-refractivity contribution in [2.75, 3.05) is 24.8 Å². The molecule has 1 saturated heterocycles. The number of hydrogen-bond acceptors (Lipinski definition) is 7. The maximum atomic E-state index is 13.4. The van der Waals surface area contributed by atoms with E-state index in [2.05, 4.69) is 10.6 Å². The summed E-state index contributed by atoms with van der Waals surface area (Å²) in [4.78, 5) is 52.8. The average molecular weight is 609 g/mol. The molecule has 1 saturated carbocycles. The second kappa shape index (κ2) is 13.1. The van der Waals surface area contributed by atoms with Crippen molar-refractivity contribution in [2.45, 2.75) is 56.0 Å². The van der Waals surface area contributed by atoms with Crippen LogP contribution in [0.15, 0.2) is 42.5 Å². The Morgan fingerprint density at radius 2 is 1.73 bits per heavy atom. The molecular weight excluding hydrogens is 577 g/mol. The number of nitrogens with one attached hydrogen (secondary N) is 2. The number of carbonyl (C=O) groups excluding carboxylic acids is 4. The fraction of sp³-hybridized carbons (Fsp3) is 0.429. The Bertz CT molecular complexity index is 1250. The SMILES string of the molecule is CCOC(=O)N1C(C(=O)N[C@@H](Cc2ccc(NC(=O)c3c(Cl)cccc3Cl)cc2)C(=O)OC)CSC12CCCC2. The summed E-state index contributed by atoms with van der Waals surface area (Å²) in [5.74, 6) is -1.07. The summed E-state index contributed by atoms with van der Waals surface area (Å²) in [5.41, 5.74) is 1.39. The van der Waals surface area contributed by atoms with E-state index in [-0.39, 0.29) is 28.6 Å². The molecule has 4 rings (SSSR count). The van der Waals surface area contributed by atoms with E-state index in [0.29, 0.717) is 11.4 Å². The summed E-state index contributed by atoms with van der Waals surface area (Å²) >= 11 is 13.9. The second-order valence-corrected chi connectivity index (χ2v) is 11.8. The monoisotopic (exact) mass is 607 g/mol. The number of methoxy groups -OCH3 is 1. The lowest BCUT2D eigenvalue weighted by atomic mass is 10.0. The first kappa shape index (κ1) is 30.0. The van der Waals surface area contributed by atoms with E-state index in [0.717, 1.165) is 31.2 Å². The lowest BCUT2D eigenvalue weighted by molar-refractivity contribution is -0.145. The molecule has 214 valence electrons. The van der Waals surface area contributed by atoms with Gasteiger partial charge in [-0.1, -0.05) is 54.2 Å². The van der Waals surface area contributed by atoms with Gasteiger partial charge in [0.1, 0.15) is 12.1 Å². The third-order valence-electron chi connectivity index (χ3n) is 7.06. The molecule has 2 aromatic rings. The molecule has 0 bridgehead atoms. The van der Waals surface area contributed by atoms with E-state index >= 15 is 0 Å². The van der Waals surface area contributed by atoms with E-state index in [9.17, 15) is 19.2 Å². The Morgan fingerprint density at radius 3 is 2.33 bits per heavy atom. The molecule has 40 heavy (non-hydrogen) atoms. The maximum absolute atomic E-state index is 13.4. The minimum Gasteiger partial charge on any atom is -0.467 e. The first-order valence-corrected chi connectivity index (χ1v) is 14.8. The summed E-state index contributed by atoms with van der Waals surface area (Å²) in [5, 5.41) is 6.02. The maximum Gasteiger partial charge on any atom is 0.411 e. The van der Waals surface area contributed by atoms with Gasteiger partial charge in [-0.15, -0.1) is 11.8 Å². The molecular formula is C28H31Cl2N3O6S. The van der Waals surface area contributed by atoms with Crippen molar-refractivity contribution >= 4 is 64.5 Å². The second-order valence-electron chi connectivity index (χ2n) is 9.59. The van der Waals surface area contributed by atoms with Crippen LogP contribution in [0.25, 0.3) is 0 Å². The molecule has 1 aliphatic carbocycles. The summed E-state index contributed by atoms with van der Waals surface area (Å²) < 4.78 is 10.3. The normalized spacial score (nSPS) is 18.3. The van der Waals surface area contributed by atoms with Crippen LogP contribution in [0.2, 0.25) is 10.0 Å². The quantitative estimate of drug-likeness (QED) is 0.392. The lowest BCUT2D eigenvalue weighted by Gasteiger charge is -2.36. The predicted molar refractivity (Wildman–Crippen MR) is 155 cm³/mol. The van der Waals surface area contributed by atoms with Gasteiger partial charge in [0.15, 0.2) is 0 Å². The minimum absolute atomic E-state index is 0.146. The number of carbonyl (C=O) groups is 4. The molecule has 2 aliphatic rings.